The molecule has 0 aromatic carbocycles. The van der Waals surface area contributed by atoms with Crippen molar-refractivity contribution in [3.8, 4) is 0 Å². The summed E-state index contributed by atoms with van der Waals surface area (Å²) in [6.45, 7) is 8.81. The van der Waals surface area contributed by atoms with Gasteiger partial charge in [0, 0.05) is 49.3 Å². The van der Waals surface area contributed by atoms with Gasteiger partial charge in [-0.15, -0.1) is 0 Å². The lowest BCUT2D eigenvalue weighted by Gasteiger charge is -2.49. The molecule has 4 heteroatoms. The SMILES string of the molecule is CC1CN(C)CCC1NCC1(N2CCSCC2)CCCCC1. The molecule has 3 rings (SSSR count). The fourth-order valence-electron chi connectivity index (χ4n) is 4.83. The van der Waals surface area contributed by atoms with Gasteiger partial charge in [-0.05, 0) is 38.8 Å². The Hall–Kier alpha value is 0.230. The molecule has 2 saturated heterocycles. The van der Waals surface area contributed by atoms with Crippen LogP contribution in [0.4, 0.5) is 0 Å². The van der Waals surface area contributed by atoms with Gasteiger partial charge in [-0.2, -0.15) is 11.8 Å². The average molecular weight is 326 g/mol. The molecule has 2 atom stereocenters. The Labute approximate surface area is 141 Å². The van der Waals surface area contributed by atoms with Crippen LogP contribution in [0.1, 0.15) is 45.4 Å². The van der Waals surface area contributed by atoms with E-state index in [0.29, 0.717) is 5.54 Å². The molecule has 3 nitrogen and oxygen atoms in total. The largest absolute Gasteiger partial charge is 0.312 e. The monoisotopic (exact) mass is 325 g/mol. The van der Waals surface area contributed by atoms with E-state index < -0.39 is 0 Å². The third-order valence-corrected chi connectivity index (χ3v) is 7.21. The first-order valence-corrected chi connectivity index (χ1v) is 10.6. The van der Waals surface area contributed by atoms with Crippen molar-refractivity contribution in [3.63, 3.8) is 0 Å². The number of hydrogen-bond acceptors (Lipinski definition) is 4. The molecule has 1 N–H and O–H groups in total. The Kier molecular flexibility index (Phi) is 6.10. The molecular weight excluding hydrogens is 290 g/mol. The fourth-order valence-corrected chi connectivity index (χ4v) is 5.73. The van der Waals surface area contributed by atoms with Gasteiger partial charge in [-0.3, -0.25) is 4.90 Å². The van der Waals surface area contributed by atoms with Crippen molar-refractivity contribution < 1.29 is 0 Å². The summed E-state index contributed by atoms with van der Waals surface area (Å²) in [5, 5.41) is 4.02. The fraction of sp³-hybridized carbons (Fsp3) is 1.00. The van der Waals surface area contributed by atoms with Crippen molar-refractivity contribution in [2.45, 2.75) is 57.0 Å². The van der Waals surface area contributed by atoms with E-state index in [1.165, 1.54) is 82.8 Å². The van der Waals surface area contributed by atoms with Gasteiger partial charge in [0.25, 0.3) is 0 Å². The summed E-state index contributed by atoms with van der Waals surface area (Å²) in [4.78, 5) is 5.34. The van der Waals surface area contributed by atoms with Crippen LogP contribution in [-0.4, -0.2) is 72.7 Å². The molecule has 0 aromatic rings. The molecule has 1 saturated carbocycles. The average Bonchev–Trinajstić information content (AvgIpc) is 2.56. The summed E-state index contributed by atoms with van der Waals surface area (Å²) in [5.74, 6) is 3.47. The summed E-state index contributed by atoms with van der Waals surface area (Å²) >= 11 is 2.14. The van der Waals surface area contributed by atoms with E-state index >= 15 is 0 Å². The number of nitrogens with one attached hydrogen (secondary N) is 1. The first kappa shape index (κ1) is 17.1. The molecule has 2 heterocycles. The standard InChI is InChI=1S/C18H35N3S/c1-16-14-20(2)9-6-17(16)19-15-18(7-4-3-5-8-18)21-10-12-22-13-11-21/h16-17,19H,3-15H2,1-2H3. The van der Waals surface area contributed by atoms with Crippen LogP contribution in [0, 0.1) is 5.92 Å². The first-order chi connectivity index (χ1) is 10.7. The normalized spacial score (nSPS) is 34.6. The topological polar surface area (TPSA) is 18.5 Å². The second-order valence-electron chi connectivity index (χ2n) is 7.90. The van der Waals surface area contributed by atoms with E-state index in [4.69, 9.17) is 0 Å². The third-order valence-electron chi connectivity index (χ3n) is 6.27. The van der Waals surface area contributed by atoms with Gasteiger partial charge in [0.2, 0.25) is 0 Å². The van der Waals surface area contributed by atoms with Gasteiger partial charge >= 0.3 is 0 Å². The molecule has 3 aliphatic rings. The minimum absolute atomic E-state index is 0.475. The highest BCUT2D eigenvalue weighted by Crippen LogP contribution is 2.35. The maximum atomic E-state index is 4.02. The number of thioether (sulfide) groups is 1. The highest BCUT2D eigenvalue weighted by Gasteiger charge is 2.39. The van der Waals surface area contributed by atoms with Crippen molar-refractivity contribution >= 4 is 11.8 Å². The zero-order valence-corrected chi connectivity index (χ0v) is 15.5. The van der Waals surface area contributed by atoms with Crippen LogP contribution >= 0.6 is 11.8 Å². The molecule has 0 aromatic heterocycles. The molecule has 128 valence electrons. The summed E-state index contributed by atoms with van der Waals surface area (Å²) in [6.07, 6.45) is 8.50. The third kappa shape index (κ3) is 4.00. The van der Waals surface area contributed by atoms with Crippen LogP contribution in [0.2, 0.25) is 0 Å². The lowest BCUT2D eigenvalue weighted by molar-refractivity contribution is 0.0496. The van der Waals surface area contributed by atoms with Crippen molar-refractivity contribution in [3.05, 3.63) is 0 Å². The Bertz CT molecular complexity index is 337. The van der Waals surface area contributed by atoms with Crippen LogP contribution in [0.25, 0.3) is 0 Å². The maximum absolute atomic E-state index is 4.02. The number of rotatable bonds is 4. The van der Waals surface area contributed by atoms with Gasteiger partial charge in [0.05, 0.1) is 0 Å². The second-order valence-corrected chi connectivity index (χ2v) is 9.12. The van der Waals surface area contributed by atoms with Gasteiger partial charge in [-0.1, -0.05) is 26.2 Å². The van der Waals surface area contributed by atoms with E-state index in [9.17, 15) is 0 Å². The van der Waals surface area contributed by atoms with Crippen LogP contribution < -0.4 is 5.32 Å². The Morgan fingerprint density at radius 2 is 1.82 bits per heavy atom. The minimum Gasteiger partial charge on any atom is -0.312 e. The summed E-state index contributed by atoms with van der Waals surface area (Å²) in [6, 6.07) is 0.731. The molecule has 22 heavy (non-hydrogen) atoms. The van der Waals surface area contributed by atoms with Gasteiger partial charge in [-0.25, -0.2) is 0 Å². The van der Waals surface area contributed by atoms with E-state index in [1.54, 1.807) is 0 Å². The van der Waals surface area contributed by atoms with E-state index in [2.05, 4.69) is 40.8 Å². The van der Waals surface area contributed by atoms with Gasteiger partial charge in [0.1, 0.15) is 0 Å². The summed E-state index contributed by atoms with van der Waals surface area (Å²) in [5.41, 5.74) is 0.475. The van der Waals surface area contributed by atoms with E-state index in [0.717, 1.165) is 12.0 Å². The lowest BCUT2D eigenvalue weighted by atomic mass is 9.79. The number of likely N-dealkylation sites (tertiary alicyclic amines) is 1. The Morgan fingerprint density at radius 1 is 1.09 bits per heavy atom. The predicted octanol–water partition coefficient (Wildman–Crippen LogP) is 2.67. The molecular formula is C18H35N3S. The molecule has 1 aliphatic carbocycles. The number of nitrogens with zero attached hydrogens (tertiary/aromatic N) is 2. The number of piperidine rings is 1. The van der Waals surface area contributed by atoms with Crippen LogP contribution in [0.5, 0.6) is 0 Å². The Balaban J connectivity index is 1.60. The lowest BCUT2D eigenvalue weighted by Crippen LogP contribution is -2.60. The van der Waals surface area contributed by atoms with E-state index in [-0.39, 0.29) is 0 Å². The molecule has 3 fully saturated rings. The molecule has 0 radical (unpaired) electrons. The molecule has 2 unspecified atom stereocenters. The summed E-state index contributed by atoms with van der Waals surface area (Å²) in [7, 11) is 2.26. The molecule has 0 spiro atoms. The Morgan fingerprint density at radius 3 is 2.50 bits per heavy atom. The molecule has 2 aliphatic heterocycles. The van der Waals surface area contributed by atoms with Gasteiger partial charge < -0.3 is 10.2 Å². The van der Waals surface area contributed by atoms with Crippen LogP contribution in [-0.2, 0) is 0 Å². The quantitative estimate of drug-likeness (QED) is 0.856. The van der Waals surface area contributed by atoms with Crippen LogP contribution in [0.15, 0.2) is 0 Å². The zero-order chi connectivity index (χ0) is 15.4. The van der Waals surface area contributed by atoms with Gasteiger partial charge in [0.15, 0.2) is 0 Å². The number of hydrogen-bond donors (Lipinski definition) is 1. The van der Waals surface area contributed by atoms with Crippen molar-refractivity contribution in [1.29, 1.82) is 0 Å². The highest BCUT2D eigenvalue weighted by molar-refractivity contribution is 7.99. The smallest absolute Gasteiger partial charge is 0.0334 e. The van der Waals surface area contributed by atoms with Crippen molar-refractivity contribution in [2.75, 3.05) is 51.3 Å². The van der Waals surface area contributed by atoms with Crippen molar-refractivity contribution in [1.82, 2.24) is 15.1 Å². The first-order valence-electron chi connectivity index (χ1n) is 9.44. The maximum Gasteiger partial charge on any atom is 0.0334 e. The highest BCUT2D eigenvalue weighted by atomic mass is 32.2. The molecule has 0 amide bonds. The van der Waals surface area contributed by atoms with Crippen LogP contribution in [0.3, 0.4) is 0 Å². The van der Waals surface area contributed by atoms with E-state index in [1.807, 2.05) is 0 Å². The van der Waals surface area contributed by atoms with Crippen molar-refractivity contribution in [2.24, 2.45) is 5.92 Å². The second kappa shape index (κ2) is 7.87. The zero-order valence-electron chi connectivity index (χ0n) is 14.6. The summed E-state index contributed by atoms with van der Waals surface area (Å²) < 4.78 is 0. The molecule has 0 bridgehead atoms. The predicted molar refractivity (Wildman–Crippen MR) is 97.8 cm³/mol. The minimum atomic E-state index is 0.475.